The molecular weight excluding hydrogens is 402 g/mol. The third-order valence-corrected chi connectivity index (χ3v) is 4.68. The second-order valence-corrected chi connectivity index (χ2v) is 6.81. The summed E-state index contributed by atoms with van der Waals surface area (Å²) >= 11 is 0. The number of ether oxygens (including phenoxy) is 2. The summed E-state index contributed by atoms with van der Waals surface area (Å²) in [6, 6.07) is 9.69. The lowest BCUT2D eigenvalue weighted by molar-refractivity contribution is 0.0372. The van der Waals surface area contributed by atoms with Gasteiger partial charge in [0, 0.05) is 50.6 Å². The van der Waals surface area contributed by atoms with Crippen LogP contribution in [0.3, 0.4) is 0 Å². The number of fused-ring (bicyclic) bond motifs is 1. The minimum atomic E-state index is 0. The molecule has 0 unspecified atom stereocenters. The molecule has 1 atom stereocenters. The van der Waals surface area contributed by atoms with Crippen LogP contribution in [0.1, 0.15) is 6.42 Å². The summed E-state index contributed by atoms with van der Waals surface area (Å²) in [4.78, 5) is 13.7. The highest BCUT2D eigenvalue weighted by atomic mass is 32.1. The second-order valence-electron chi connectivity index (χ2n) is 6.81. The molecule has 0 saturated carbocycles. The number of benzene rings is 1. The Bertz CT molecular complexity index is 936. The Balaban J connectivity index is 0.00000256. The first kappa shape index (κ1) is 22.2. The molecule has 0 spiro atoms. The van der Waals surface area contributed by atoms with E-state index in [9.17, 15) is 0 Å². The fourth-order valence-electron chi connectivity index (χ4n) is 3.18. The molecule has 0 radical (unpaired) electrons. The third kappa shape index (κ3) is 5.57. The number of morpholine rings is 1. The average molecular weight is 430 g/mol. The van der Waals surface area contributed by atoms with E-state index in [1.54, 1.807) is 12.4 Å². The van der Waals surface area contributed by atoms with E-state index in [0.29, 0.717) is 32.0 Å². The smallest absolute Gasteiger partial charge is 0.154 e. The summed E-state index contributed by atoms with van der Waals surface area (Å²) in [5, 5.41) is 15.6. The van der Waals surface area contributed by atoms with Gasteiger partial charge in [0.05, 0.1) is 30.5 Å². The number of nitrogens with one attached hydrogen (secondary N) is 2. The summed E-state index contributed by atoms with van der Waals surface area (Å²) in [6.07, 6.45) is 4.06. The molecule has 3 heterocycles. The maximum absolute atomic E-state index is 8.86. The van der Waals surface area contributed by atoms with Crippen molar-refractivity contribution in [3.05, 3.63) is 42.7 Å². The molecule has 0 aliphatic carbocycles. The molecule has 1 aliphatic rings. The van der Waals surface area contributed by atoms with Crippen LogP contribution in [-0.4, -0.2) is 65.6 Å². The molecule has 30 heavy (non-hydrogen) atoms. The number of aliphatic hydroxyl groups is 1. The first-order valence-corrected chi connectivity index (χ1v) is 9.85. The lowest BCUT2D eigenvalue weighted by atomic mass is 10.1. The number of hydrogen-bond acceptors (Lipinski definition) is 8. The minimum Gasteiger partial charge on any atom is -0.494 e. The molecule has 4 rings (SSSR count). The van der Waals surface area contributed by atoms with Crippen LogP contribution in [0.4, 0.5) is 5.82 Å². The van der Waals surface area contributed by atoms with Crippen molar-refractivity contribution >= 4 is 30.3 Å². The fourth-order valence-corrected chi connectivity index (χ4v) is 3.18. The number of nitrogens with zero attached hydrogens (tertiary/aromatic N) is 3. The van der Waals surface area contributed by atoms with Crippen LogP contribution >= 0.6 is 13.5 Å². The fraction of sp³-hybridized carbons (Fsp3) is 0.381. The van der Waals surface area contributed by atoms with Crippen molar-refractivity contribution < 1.29 is 14.6 Å². The van der Waals surface area contributed by atoms with Gasteiger partial charge in [0.25, 0.3) is 0 Å². The van der Waals surface area contributed by atoms with Gasteiger partial charge in [-0.1, -0.05) is 0 Å². The van der Waals surface area contributed by atoms with Crippen LogP contribution < -0.4 is 15.4 Å². The van der Waals surface area contributed by atoms with E-state index in [1.165, 1.54) is 0 Å². The lowest BCUT2D eigenvalue weighted by Crippen LogP contribution is -2.42. The third-order valence-electron chi connectivity index (χ3n) is 4.68. The Labute approximate surface area is 182 Å². The lowest BCUT2D eigenvalue weighted by Gasteiger charge is -2.24. The Morgan fingerprint density at radius 3 is 2.80 bits per heavy atom. The first-order chi connectivity index (χ1) is 14.3. The van der Waals surface area contributed by atoms with E-state index in [-0.39, 0.29) is 26.2 Å². The van der Waals surface area contributed by atoms with Crippen LogP contribution in [0.15, 0.2) is 42.7 Å². The van der Waals surface area contributed by atoms with Crippen molar-refractivity contribution in [2.45, 2.75) is 12.5 Å². The molecule has 0 amide bonds. The van der Waals surface area contributed by atoms with Crippen LogP contribution in [0, 0.1) is 0 Å². The van der Waals surface area contributed by atoms with Gasteiger partial charge in [-0.15, -0.1) is 0 Å². The molecule has 8 nitrogen and oxygen atoms in total. The normalized spacial score (nSPS) is 16.1. The number of aromatic nitrogens is 3. The van der Waals surface area contributed by atoms with Gasteiger partial charge >= 0.3 is 0 Å². The topological polar surface area (TPSA) is 101 Å². The number of pyridine rings is 1. The summed E-state index contributed by atoms with van der Waals surface area (Å²) in [5.74, 6) is 1.46. The van der Waals surface area contributed by atoms with Crippen LogP contribution in [0.5, 0.6) is 5.75 Å². The minimum absolute atomic E-state index is 0. The van der Waals surface area contributed by atoms with Crippen LogP contribution in [-0.2, 0) is 4.74 Å². The second kappa shape index (κ2) is 11.1. The quantitative estimate of drug-likeness (QED) is 0.467. The highest BCUT2D eigenvalue weighted by Gasteiger charge is 2.15. The summed E-state index contributed by atoms with van der Waals surface area (Å²) in [5.41, 5.74) is 3.30. The van der Waals surface area contributed by atoms with Crippen molar-refractivity contribution in [1.29, 1.82) is 0 Å². The molecule has 2 aromatic heterocycles. The SMILES string of the molecule is OCCCOc1ccc(-c2cc3nccnc3c(NC[C@@H]3CNCCO3)n2)cc1.S. The zero-order valence-corrected chi connectivity index (χ0v) is 17.7. The Morgan fingerprint density at radius 2 is 2.03 bits per heavy atom. The van der Waals surface area contributed by atoms with Crippen LogP contribution in [0.25, 0.3) is 22.3 Å². The van der Waals surface area contributed by atoms with Gasteiger partial charge in [0.2, 0.25) is 0 Å². The van der Waals surface area contributed by atoms with Gasteiger partial charge in [-0.25, -0.2) is 9.97 Å². The molecule has 160 valence electrons. The van der Waals surface area contributed by atoms with Gasteiger partial charge in [-0.3, -0.25) is 4.98 Å². The maximum atomic E-state index is 8.86. The predicted molar refractivity (Wildman–Crippen MR) is 121 cm³/mol. The van der Waals surface area contributed by atoms with E-state index in [2.05, 4.69) is 20.6 Å². The Hall–Kier alpha value is -2.46. The molecular formula is C21H27N5O3S. The molecule has 0 bridgehead atoms. The molecule has 3 aromatic rings. The molecule has 1 aromatic carbocycles. The molecule has 1 aliphatic heterocycles. The first-order valence-electron chi connectivity index (χ1n) is 9.85. The maximum Gasteiger partial charge on any atom is 0.154 e. The van der Waals surface area contributed by atoms with Gasteiger partial charge in [-0.05, 0) is 30.3 Å². The molecule has 9 heteroatoms. The van der Waals surface area contributed by atoms with Crippen molar-refractivity contribution in [2.75, 3.05) is 44.8 Å². The molecule has 1 fully saturated rings. The van der Waals surface area contributed by atoms with Gasteiger partial charge in [0.15, 0.2) is 5.82 Å². The summed E-state index contributed by atoms with van der Waals surface area (Å²) in [7, 11) is 0. The predicted octanol–water partition coefficient (Wildman–Crippen LogP) is 1.97. The molecule has 1 saturated heterocycles. The molecule has 3 N–H and O–H groups in total. The van der Waals surface area contributed by atoms with E-state index < -0.39 is 0 Å². The van der Waals surface area contributed by atoms with Crippen molar-refractivity contribution in [3.63, 3.8) is 0 Å². The standard InChI is InChI=1S/C21H25N5O3.H2S/c27-9-1-10-28-16-4-2-15(3-5-16)18-12-19-20(24-7-6-23-19)21(26-18)25-14-17-13-22-8-11-29-17;/h2-7,12,17,22,27H,1,8-11,13-14H2,(H,25,26);1H2/t17-;/m0./s1. The zero-order chi connectivity index (χ0) is 19.9. The van der Waals surface area contributed by atoms with Gasteiger partial charge < -0.3 is 25.2 Å². The number of aliphatic hydroxyl groups excluding tert-OH is 1. The monoisotopic (exact) mass is 429 g/mol. The Morgan fingerprint density at radius 1 is 1.20 bits per heavy atom. The average Bonchev–Trinajstić information content (AvgIpc) is 2.78. The highest BCUT2D eigenvalue weighted by Crippen LogP contribution is 2.27. The highest BCUT2D eigenvalue weighted by molar-refractivity contribution is 7.59. The van der Waals surface area contributed by atoms with Crippen molar-refractivity contribution in [2.24, 2.45) is 0 Å². The van der Waals surface area contributed by atoms with Crippen molar-refractivity contribution in [3.8, 4) is 17.0 Å². The number of rotatable bonds is 8. The van der Waals surface area contributed by atoms with E-state index >= 15 is 0 Å². The van der Waals surface area contributed by atoms with E-state index in [0.717, 1.165) is 41.1 Å². The number of hydrogen-bond donors (Lipinski definition) is 3. The summed E-state index contributed by atoms with van der Waals surface area (Å²) in [6.45, 7) is 3.68. The largest absolute Gasteiger partial charge is 0.494 e. The van der Waals surface area contributed by atoms with Gasteiger partial charge in [0.1, 0.15) is 11.3 Å². The Kier molecular flexibility index (Phi) is 8.21. The van der Waals surface area contributed by atoms with Gasteiger partial charge in [-0.2, -0.15) is 13.5 Å². The van der Waals surface area contributed by atoms with Crippen molar-refractivity contribution in [1.82, 2.24) is 20.3 Å². The van der Waals surface area contributed by atoms with E-state index in [4.69, 9.17) is 19.6 Å². The van der Waals surface area contributed by atoms with Crippen LogP contribution in [0.2, 0.25) is 0 Å². The number of anilines is 1. The van der Waals surface area contributed by atoms with E-state index in [1.807, 2.05) is 30.3 Å². The zero-order valence-electron chi connectivity index (χ0n) is 16.7. The summed E-state index contributed by atoms with van der Waals surface area (Å²) < 4.78 is 11.4.